The van der Waals surface area contributed by atoms with Gasteiger partial charge < -0.3 is 4.74 Å². The average molecular weight is 251 g/mol. The van der Waals surface area contributed by atoms with E-state index in [1.807, 2.05) is 19.3 Å². The van der Waals surface area contributed by atoms with Gasteiger partial charge in [0, 0.05) is 25.2 Å². The molecule has 3 heterocycles. The summed E-state index contributed by atoms with van der Waals surface area (Å²) in [5, 5.41) is 4.74. The van der Waals surface area contributed by atoms with Crippen molar-refractivity contribution in [3.8, 4) is 11.5 Å². The molecule has 6 heteroatoms. The molecule has 0 N–H and O–H groups in total. The van der Waals surface area contributed by atoms with Crippen LogP contribution in [0.4, 0.5) is 0 Å². The molecule has 2 aromatic heterocycles. The Kier molecular flexibility index (Phi) is 2.57. The zero-order chi connectivity index (χ0) is 11.8. The molecule has 0 spiro atoms. The van der Waals surface area contributed by atoms with E-state index >= 15 is 0 Å². The molecule has 0 saturated carbocycles. The molecule has 0 unspecified atom stereocenters. The van der Waals surface area contributed by atoms with Crippen LogP contribution < -0.4 is 0 Å². The van der Waals surface area contributed by atoms with Gasteiger partial charge in [-0.15, -0.1) is 0 Å². The summed E-state index contributed by atoms with van der Waals surface area (Å²) in [5.74, 6) is 0.580. The molecule has 0 atom stereocenters. The number of hydrogen-bond acceptors (Lipinski definition) is 4. The van der Waals surface area contributed by atoms with E-state index in [0.717, 1.165) is 23.4 Å². The molecule has 1 aliphatic rings. The van der Waals surface area contributed by atoms with Crippen LogP contribution in [0.15, 0.2) is 12.3 Å². The topological polar surface area (TPSA) is 52.8 Å². The van der Waals surface area contributed by atoms with Crippen LogP contribution in [0.5, 0.6) is 0 Å². The number of aryl methyl sites for hydroxylation is 1. The molecule has 0 amide bonds. The third-order valence-electron chi connectivity index (χ3n) is 2.71. The van der Waals surface area contributed by atoms with Gasteiger partial charge >= 0.3 is 0 Å². The van der Waals surface area contributed by atoms with Crippen molar-refractivity contribution in [3.05, 3.63) is 28.7 Å². The molecule has 0 aliphatic carbocycles. The molecule has 0 bridgehead atoms. The van der Waals surface area contributed by atoms with E-state index in [-0.39, 0.29) is 0 Å². The second-order valence-corrected chi connectivity index (χ2v) is 4.30. The highest BCUT2D eigenvalue weighted by Gasteiger charge is 2.18. The van der Waals surface area contributed by atoms with Crippen LogP contribution in [0.1, 0.15) is 11.3 Å². The number of halogens is 1. The summed E-state index contributed by atoms with van der Waals surface area (Å²) in [6.45, 7) is 1.18. The smallest absolute Gasteiger partial charge is 0.181 e. The Morgan fingerprint density at radius 2 is 2.29 bits per heavy atom. The molecule has 0 fully saturated rings. The lowest BCUT2D eigenvalue weighted by molar-refractivity contribution is 0.109. The Morgan fingerprint density at radius 1 is 1.41 bits per heavy atom. The minimum absolute atomic E-state index is 0.468. The van der Waals surface area contributed by atoms with Crippen molar-refractivity contribution in [1.29, 1.82) is 0 Å². The maximum Gasteiger partial charge on any atom is 0.181 e. The number of ether oxygens (including phenoxy) is 1. The Morgan fingerprint density at radius 3 is 3.06 bits per heavy atom. The van der Waals surface area contributed by atoms with Crippen LogP contribution in [0.3, 0.4) is 0 Å². The van der Waals surface area contributed by atoms with Crippen LogP contribution in [0, 0.1) is 0 Å². The van der Waals surface area contributed by atoms with Gasteiger partial charge in [-0.3, -0.25) is 4.68 Å². The number of aromatic nitrogens is 4. The van der Waals surface area contributed by atoms with Gasteiger partial charge in [-0.05, 0) is 6.07 Å². The predicted molar refractivity (Wildman–Crippen MR) is 62.6 cm³/mol. The first kappa shape index (κ1) is 10.7. The van der Waals surface area contributed by atoms with Gasteiger partial charge in [0.1, 0.15) is 10.8 Å². The lowest BCUT2D eigenvalue weighted by atomic mass is 10.1. The number of rotatable bonds is 1. The van der Waals surface area contributed by atoms with E-state index in [0.29, 0.717) is 24.2 Å². The van der Waals surface area contributed by atoms with Gasteiger partial charge in [0.15, 0.2) is 5.82 Å². The van der Waals surface area contributed by atoms with Gasteiger partial charge in [0.05, 0.1) is 18.9 Å². The van der Waals surface area contributed by atoms with Crippen molar-refractivity contribution in [2.45, 2.75) is 13.0 Å². The SMILES string of the molecule is Cn1ccc(-c2nc(Cl)c3c(n2)CCOC3)n1. The van der Waals surface area contributed by atoms with Gasteiger partial charge in [-0.2, -0.15) is 5.10 Å². The summed E-state index contributed by atoms with van der Waals surface area (Å²) in [5.41, 5.74) is 2.61. The van der Waals surface area contributed by atoms with Crippen molar-refractivity contribution in [2.75, 3.05) is 6.61 Å². The molecular weight excluding hydrogens is 240 g/mol. The predicted octanol–water partition coefficient (Wildman–Crippen LogP) is 1.60. The van der Waals surface area contributed by atoms with Crippen LogP contribution in [-0.4, -0.2) is 26.4 Å². The van der Waals surface area contributed by atoms with Crippen LogP contribution >= 0.6 is 11.6 Å². The lowest BCUT2D eigenvalue weighted by Crippen LogP contribution is -2.14. The van der Waals surface area contributed by atoms with Crippen LogP contribution in [-0.2, 0) is 24.8 Å². The van der Waals surface area contributed by atoms with Gasteiger partial charge in [0.2, 0.25) is 0 Å². The third kappa shape index (κ3) is 1.92. The van der Waals surface area contributed by atoms with Crippen LogP contribution in [0.2, 0.25) is 5.15 Å². The highest BCUT2D eigenvalue weighted by Crippen LogP contribution is 2.25. The fourth-order valence-corrected chi connectivity index (χ4v) is 2.09. The maximum absolute atomic E-state index is 6.14. The van der Waals surface area contributed by atoms with Crippen molar-refractivity contribution in [3.63, 3.8) is 0 Å². The largest absolute Gasteiger partial charge is 0.376 e. The molecule has 2 aromatic rings. The third-order valence-corrected chi connectivity index (χ3v) is 3.03. The summed E-state index contributed by atoms with van der Waals surface area (Å²) < 4.78 is 7.06. The van der Waals surface area contributed by atoms with Crippen molar-refractivity contribution < 1.29 is 4.74 Å². The Hall–Kier alpha value is -1.46. The zero-order valence-corrected chi connectivity index (χ0v) is 10.1. The minimum atomic E-state index is 0.468. The van der Waals surface area contributed by atoms with E-state index in [2.05, 4.69) is 15.1 Å². The molecule has 3 rings (SSSR count). The molecule has 1 aliphatic heterocycles. The number of nitrogens with zero attached hydrogens (tertiary/aromatic N) is 4. The average Bonchev–Trinajstić information content (AvgIpc) is 2.76. The van der Waals surface area contributed by atoms with Gasteiger partial charge in [0.25, 0.3) is 0 Å². The Labute approximate surface area is 103 Å². The Balaban J connectivity index is 2.10. The highest BCUT2D eigenvalue weighted by atomic mass is 35.5. The second kappa shape index (κ2) is 4.09. The highest BCUT2D eigenvalue weighted by molar-refractivity contribution is 6.30. The standard InChI is InChI=1S/C11H11ClN4O/c1-16-4-2-9(15-16)11-13-8-3-5-17-6-7(8)10(12)14-11/h2,4H,3,5-6H2,1H3. The van der Waals surface area contributed by atoms with E-state index in [1.165, 1.54) is 0 Å². The van der Waals surface area contributed by atoms with Gasteiger partial charge in [-0.1, -0.05) is 11.6 Å². The van der Waals surface area contributed by atoms with E-state index in [1.54, 1.807) is 4.68 Å². The molecule has 0 aromatic carbocycles. The molecule has 0 radical (unpaired) electrons. The van der Waals surface area contributed by atoms with Crippen molar-refractivity contribution in [2.24, 2.45) is 7.05 Å². The van der Waals surface area contributed by atoms with Crippen molar-refractivity contribution >= 4 is 11.6 Å². The first-order chi connectivity index (χ1) is 8.24. The lowest BCUT2D eigenvalue weighted by Gasteiger charge is -2.16. The summed E-state index contributed by atoms with van der Waals surface area (Å²) in [4.78, 5) is 8.77. The molecular formula is C11H11ClN4O. The fourth-order valence-electron chi connectivity index (χ4n) is 1.84. The molecule has 88 valence electrons. The summed E-state index contributed by atoms with van der Waals surface area (Å²) in [6.07, 6.45) is 2.63. The first-order valence-electron chi connectivity index (χ1n) is 5.37. The number of fused-ring (bicyclic) bond motifs is 1. The molecule has 5 nitrogen and oxygen atoms in total. The summed E-state index contributed by atoms with van der Waals surface area (Å²) in [6, 6.07) is 1.87. The van der Waals surface area contributed by atoms with E-state index < -0.39 is 0 Å². The maximum atomic E-state index is 6.14. The first-order valence-corrected chi connectivity index (χ1v) is 5.75. The number of hydrogen-bond donors (Lipinski definition) is 0. The summed E-state index contributed by atoms with van der Waals surface area (Å²) in [7, 11) is 1.86. The van der Waals surface area contributed by atoms with E-state index in [4.69, 9.17) is 16.3 Å². The molecule has 17 heavy (non-hydrogen) atoms. The minimum Gasteiger partial charge on any atom is -0.376 e. The Bertz CT molecular complexity index is 567. The fraction of sp³-hybridized carbons (Fsp3) is 0.364. The quantitative estimate of drug-likeness (QED) is 0.722. The normalized spacial score (nSPS) is 14.7. The zero-order valence-electron chi connectivity index (χ0n) is 9.35. The molecule has 0 saturated heterocycles. The monoisotopic (exact) mass is 250 g/mol. The van der Waals surface area contributed by atoms with Crippen molar-refractivity contribution in [1.82, 2.24) is 19.7 Å². The van der Waals surface area contributed by atoms with E-state index in [9.17, 15) is 0 Å². The second-order valence-electron chi connectivity index (χ2n) is 3.94. The van der Waals surface area contributed by atoms with Gasteiger partial charge in [-0.25, -0.2) is 9.97 Å². The van der Waals surface area contributed by atoms with Crippen LogP contribution in [0.25, 0.3) is 11.5 Å². The summed E-state index contributed by atoms with van der Waals surface area (Å²) >= 11 is 6.14.